The molecule has 2 heterocycles. The number of methoxy groups -OCH3 is 1. The SMILES string of the molecule is COc1cc(/C=C2\C(=O)NC(=S)N(c3ccccc3)C2=O)ccc1OCc1ccc(C(=O)O)o1. The summed E-state index contributed by atoms with van der Waals surface area (Å²) in [5.74, 6) is -1.48. The first kappa shape index (κ1) is 22.7. The van der Waals surface area contributed by atoms with Gasteiger partial charge in [-0.15, -0.1) is 0 Å². The van der Waals surface area contributed by atoms with Gasteiger partial charge >= 0.3 is 5.97 Å². The normalized spacial score (nSPS) is 14.8. The number of carbonyl (C=O) groups is 3. The Morgan fingerprint density at radius 3 is 2.56 bits per heavy atom. The third kappa shape index (κ3) is 4.66. The van der Waals surface area contributed by atoms with Gasteiger partial charge in [0.1, 0.15) is 17.9 Å². The molecule has 1 aliphatic rings. The quantitative estimate of drug-likeness (QED) is 0.301. The minimum atomic E-state index is -1.17. The van der Waals surface area contributed by atoms with E-state index in [9.17, 15) is 14.4 Å². The highest BCUT2D eigenvalue weighted by Crippen LogP contribution is 2.30. The van der Waals surface area contributed by atoms with Gasteiger partial charge in [0.25, 0.3) is 11.8 Å². The van der Waals surface area contributed by atoms with E-state index in [2.05, 4.69) is 5.32 Å². The highest BCUT2D eigenvalue weighted by Gasteiger charge is 2.34. The van der Waals surface area contributed by atoms with Crippen molar-refractivity contribution in [2.75, 3.05) is 12.0 Å². The third-order valence-corrected chi connectivity index (χ3v) is 5.14. The minimum Gasteiger partial charge on any atom is -0.493 e. The Morgan fingerprint density at radius 1 is 1.12 bits per heavy atom. The van der Waals surface area contributed by atoms with Crippen LogP contribution in [0.4, 0.5) is 5.69 Å². The van der Waals surface area contributed by atoms with Gasteiger partial charge in [-0.25, -0.2) is 4.79 Å². The van der Waals surface area contributed by atoms with Crippen molar-refractivity contribution < 1.29 is 33.4 Å². The van der Waals surface area contributed by atoms with Gasteiger partial charge in [-0.05, 0) is 60.3 Å². The summed E-state index contributed by atoms with van der Waals surface area (Å²) in [6, 6.07) is 16.5. The molecule has 0 atom stereocenters. The topological polar surface area (TPSA) is 118 Å². The summed E-state index contributed by atoms with van der Waals surface area (Å²) in [4.78, 5) is 37.8. The summed E-state index contributed by atoms with van der Waals surface area (Å²) in [6.45, 7) is -0.0194. The maximum atomic E-state index is 13.1. The number of furan rings is 1. The average Bonchev–Trinajstić information content (AvgIpc) is 3.31. The van der Waals surface area contributed by atoms with Crippen molar-refractivity contribution >= 4 is 46.9 Å². The first-order valence-corrected chi connectivity index (χ1v) is 10.4. The molecule has 0 bridgehead atoms. The molecule has 1 aromatic heterocycles. The second-order valence-electron chi connectivity index (χ2n) is 7.06. The van der Waals surface area contributed by atoms with Crippen molar-refractivity contribution in [1.82, 2.24) is 5.32 Å². The number of nitrogens with zero attached hydrogens (tertiary/aromatic N) is 1. The molecule has 0 saturated carbocycles. The molecule has 2 N–H and O–H groups in total. The van der Waals surface area contributed by atoms with Crippen LogP contribution in [0.2, 0.25) is 0 Å². The largest absolute Gasteiger partial charge is 0.493 e. The highest BCUT2D eigenvalue weighted by molar-refractivity contribution is 7.80. The molecule has 0 unspecified atom stereocenters. The van der Waals surface area contributed by atoms with E-state index in [1.54, 1.807) is 42.5 Å². The van der Waals surface area contributed by atoms with Gasteiger partial charge in [-0.1, -0.05) is 24.3 Å². The number of amides is 2. The second kappa shape index (κ2) is 9.59. The first-order valence-electron chi connectivity index (χ1n) is 9.96. The summed E-state index contributed by atoms with van der Waals surface area (Å²) >= 11 is 5.19. The number of benzene rings is 2. The monoisotopic (exact) mass is 478 g/mol. The zero-order chi connectivity index (χ0) is 24.2. The summed E-state index contributed by atoms with van der Waals surface area (Å²) < 4.78 is 16.2. The fourth-order valence-corrected chi connectivity index (χ4v) is 3.53. The van der Waals surface area contributed by atoms with Gasteiger partial charge < -0.3 is 19.0 Å². The number of hydrogen-bond acceptors (Lipinski definition) is 7. The van der Waals surface area contributed by atoms with Gasteiger partial charge in [-0.2, -0.15) is 0 Å². The lowest BCUT2D eigenvalue weighted by molar-refractivity contribution is -0.122. The highest BCUT2D eigenvalue weighted by atomic mass is 32.1. The van der Waals surface area contributed by atoms with Gasteiger partial charge in [-0.3, -0.25) is 19.8 Å². The first-order chi connectivity index (χ1) is 16.4. The van der Waals surface area contributed by atoms with Crippen LogP contribution in [0.25, 0.3) is 6.08 Å². The number of thiocarbonyl (C=S) groups is 1. The maximum Gasteiger partial charge on any atom is 0.371 e. The van der Waals surface area contributed by atoms with Crippen molar-refractivity contribution in [2.24, 2.45) is 0 Å². The number of rotatable bonds is 7. The summed E-state index contributed by atoms with van der Waals surface area (Å²) in [7, 11) is 1.45. The Morgan fingerprint density at radius 2 is 1.88 bits per heavy atom. The Balaban J connectivity index is 1.56. The Kier molecular flexibility index (Phi) is 6.42. The van der Waals surface area contributed by atoms with E-state index in [1.165, 1.54) is 30.2 Å². The minimum absolute atomic E-state index is 0.00339. The Labute approximate surface area is 199 Å². The molecule has 10 heteroatoms. The van der Waals surface area contributed by atoms with E-state index in [1.807, 2.05) is 6.07 Å². The smallest absolute Gasteiger partial charge is 0.371 e. The van der Waals surface area contributed by atoms with E-state index in [4.69, 9.17) is 31.2 Å². The van der Waals surface area contributed by atoms with Crippen LogP contribution < -0.4 is 19.7 Å². The molecule has 0 spiro atoms. The predicted molar refractivity (Wildman–Crippen MR) is 126 cm³/mol. The van der Waals surface area contributed by atoms with Crippen molar-refractivity contribution in [2.45, 2.75) is 6.61 Å². The maximum absolute atomic E-state index is 13.1. The molecule has 1 fully saturated rings. The number of carboxylic acids is 1. The predicted octanol–water partition coefficient (Wildman–Crippen LogP) is 3.40. The molecular formula is C24H18N2O7S. The fraction of sp³-hybridized carbons (Fsp3) is 0.0833. The molecule has 9 nitrogen and oxygen atoms in total. The van der Waals surface area contributed by atoms with Crippen LogP contribution in [0.15, 0.2) is 70.7 Å². The van der Waals surface area contributed by atoms with Crippen molar-refractivity contribution in [3.63, 3.8) is 0 Å². The van der Waals surface area contributed by atoms with Gasteiger partial charge in [0.15, 0.2) is 16.6 Å². The number of ether oxygens (including phenoxy) is 2. The lowest BCUT2D eigenvalue weighted by Gasteiger charge is -2.28. The molecule has 2 amide bonds. The van der Waals surface area contributed by atoms with Crippen LogP contribution in [0.5, 0.6) is 11.5 Å². The van der Waals surface area contributed by atoms with Gasteiger partial charge in [0, 0.05) is 0 Å². The van der Waals surface area contributed by atoms with E-state index >= 15 is 0 Å². The lowest BCUT2D eigenvalue weighted by atomic mass is 10.1. The number of aromatic carboxylic acids is 1. The molecule has 0 aliphatic carbocycles. The number of carbonyl (C=O) groups excluding carboxylic acids is 2. The molecule has 3 aromatic rings. The molecule has 172 valence electrons. The van der Waals surface area contributed by atoms with Crippen LogP contribution in [0, 0.1) is 0 Å². The molecule has 34 heavy (non-hydrogen) atoms. The van der Waals surface area contributed by atoms with Gasteiger partial charge in [0.05, 0.1) is 12.8 Å². The van der Waals surface area contributed by atoms with Crippen LogP contribution in [-0.4, -0.2) is 35.1 Å². The number of anilines is 1. The zero-order valence-electron chi connectivity index (χ0n) is 17.8. The van der Waals surface area contributed by atoms with E-state index < -0.39 is 17.8 Å². The van der Waals surface area contributed by atoms with Crippen LogP contribution in [0.3, 0.4) is 0 Å². The number of carboxylic acid groups (broad SMARTS) is 1. The van der Waals surface area contributed by atoms with Crippen LogP contribution >= 0.6 is 12.2 Å². The standard InChI is InChI=1S/C24H18N2O7S/c1-31-20-12-14(7-9-18(20)32-13-16-8-10-19(33-16)23(29)30)11-17-21(27)25-24(34)26(22(17)28)15-5-3-2-4-6-15/h2-12H,13H2,1H3,(H,29,30)(H,25,27,34)/b17-11+. The number of hydrogen-bond donors (Lipinski definition) is 2. The fourth-order valence-electron chi connectivity index (χ4n) is 3.25. The molecule has 4 rings (SSSR count). The lowest BCUT2D eigenvalue weighted by Crippen LogP contribution is -2.54. The molecule has 2 aromatic carbocycles. The summed E-state index contributed by atoms with van der Waals surface area (Å²) in [5, 5.41) is 11.5. The number of nitrogens with one attached hydrogen (secondary N) is 1. The average molecular weight is 478 g/mol. The van der Waals surface area contributed by atoms with Crippen LogP contribution in [-0.2, 0) is 16.2 Å². The molecule has 1 saturated heterocycles. The Hall–Kier alpha value is -4.44. The van der Waals surface area contributed by atoms with Crippen molar-refractivity contribution in [1.29, 1.82) is 0 Å². The number of para-hydroxylation sites is 1. The molecule has 0 radical (unpaired) electrons. The van der Waals surface area contributed by atoms with Gasteiger partial charge in [0.2, 0.25) is 5.76 Å². The second-order valence-corrected chi connectivity index (χ2v) is 7.45. The van der Waals surface area contributed by atoms with E-state index in [-0.39, 0.29) is 23.1 Å². The Bertz CT molecular complexity index is 1310. The van der Waals surface area contributed by atoms with Crippen molar-refractivity contribution in [3.8, 4) is 11.5 Å². The van der Waals surface area contributed by atoms with E-state index in [0.29, 0.717) is 28.5 Å². The third-order valence-electron chi connectivity index (χ3n) is 4.86. The molecular weight excluding hydrogens is 460 g/mol. The van der Waals surface area contributed by atoms with Crippen molar-refractivity contribution in [3.05, 3.63) is 83.3 Å². The van der Waals surface area contributed by atoms with E-state index in [0.717, 1.165) is 0 Å². The summed E-state index contributed by atoms with van der Waals surface area (Å²) in [5.41, 5.74) is 0.966. The zero-order valence-corrected chi connectivity index (χ0v) is 18.6. The summed E-state index contributed by atoms with van der Waals surface area (Å²) in [6.07, 6.45) is 1.44. The van der Waals surface area contributed by atoms with Crippen LogP contribution in [0.1, 0.15) is 21.9 Å². The molecule has 1 aliphatic heterocycles.